The highest BCUT2D eigenvalue weighted by Gasteiger charge is 2.47. The number of amides is 1. The summed E-state index contributed by atoms with van der Waals surface area (Å²) in [7, 11) is 0. The average molecular weight is 281 g/mol. The zero-order valence-electron chi connectivity index (χ0n) is 12.8. The van der Waals surface area contributed by atoms with Crippen LogP contribution in [-0.4, -0.2) is 35.0 Å². The first-order valence-corrected chi connectivity index (χ1v) is 7.97. The van der Waals surface area contributed by atoms with Gasteiger partial charge in [0.15, 0.2) is 0 Å². The van der Waals surface area contributed by atoms with Crippen LogP contribution in [-0.2, 0) is 9.59 Å². The lowest BCUT2D eigenvalue weighted by molar-refractivity contribution is -0.143. The van der Waals surface area contributed by atoms with Crippen molar-refractivity contribution in [2.45, 2.75) is 46.5 Å². The molecule has 0 radical (unpaired) electrons. The average Bonchev–Trinajstić information content (AvgIpc) is 3.13. The monoisotopic (exact) mass is 281 g/mol. The Kier molecular flexibility index (Phi) is 4.71. The molecule has 1 N–H and O–H groups in total. The SMILES string of the molecule is CCCC(C(=O)N1C[C@H](C(=O)O)[C@@H](C2CC2)C1)C(C)C. The van der Waals surface area contributed by atoms with Gasteiger partial charge in [-0.2, -0.15) is 0 Å². The number of hydrogen-bond acceptors (Lipinski definition) is 2. The first kappa shape index (κ1) is 15.3. The van der Waals surface area contributed by atoms with Gasteiger partial charge >= 0.3 is 5.97 Å². The van der Waals surface area contributed by atoms with Gasteiger partial charge < -0.3 is 10.0 Å². The number of carboxylic acid groups (broad SMARTS) is 1. The third-order valence-electron chi connectivity index (χ3n) is 4.94. The number of rotatable bonds is 6. The summed E-state index contributed by atoms with van der Waals surface area (Å²) in [4.78, 5) is 25.9. The zero-order chi connectivity index (χ0) is 14.9. The number of likely N-dealkylation sites (tertiary alicyclic amines) is 1. The Morgan fingerprint density at radius 1 is 1.25 bits per heavy atom. The second kappa shape index (κ2) is 6.15. The number of carbonyl (C=O) groups is 2. The molecule has 0 aromatic heterocycles. The molecule has 0 bridgehead atoms. The maximum Gasteiger partial charge on any atom is 0.308 e. The summed E-state index contributed by atoms with van der Waals surface area (Å²) in [6, 6.07) is 0. The highest BCUT2D eigenvalue weighted by Crippen LogP contribution is 2.44. The van der Waals surface area contributed by atoms with Crippen LogP contribution in [0, 0.1) is 29.6 Å². The number of carbonyl (C=O) groups excluding carboxylic acids is 1. The minimum atomic E-state index is -0.728. The lowest BCUT2D eigenvalue weighted by atomic mass is 9.90. The molecule has 3 atom stereocenters. The highest BCUT2D eigenvalue weighted by molar-refractivity contribution is 5.81. The Morgan fingerprint density at radius 2 is 1.90 bits per heavy atom. The molecule has 2 rings (SSSR count). The van der Waals surface area contributed by atoms with E-state index in [0.717, 1.165) is 25.7 Å². The molecule has 2 fully saturated rings. The van der Waals surface area contributed by atoms with Crippen molar-refractivity contribution < 1.29 is 14.7 Å². The molecule has 1 aliphatic heterocycles. The van der Waals surface area contributed by atoms with Crippen molar-refractivity contribution in [3.8, 4) is 0 Å². The van der Waals surface area contributed by atoms with Crippen molar-refractivity contribution in [3.63, 3.8) is 0 Å². The van der Waals surface area contributed by atoms with Gasteiger partial charge in [-0.1, -0.05) is 27.2 Å². The summed E-state index contributed by atoms with van der Waals surface area (Å²) in [5, 5.41) is 9.37. The summed E-state index contributed by atoms with van der Waals surface area (Å²) in [6.07, 6.45) is 4.17. The first-order chi connectivity index (χ1) is 9.45. The van der Waals surface area contributed by atoms with Crippen LogP contribution in [0.4, 0.5) is 0 Å². The molecule has 1 saturated carbocycles. The van der Waals surface area contributed by atoms with Crippen LogP contribution < -0.4 is 0 Å². The fourth-order valence-electron chi connectivity index (χ4n) is 3.56. The molecule has 1 heterocycles. The van der Waals surface area contributed by atoms with Crippen LogP contribution in [0.15, 0.2) is 0 Å². The summed E-state index contributed by atoms with van der Waals surface area (Å²) >= 11 is 0. The van der Waals surface area contributed by atoms with E-state index in [1.165, 1.54) is 0 Å². The van der Waals surface area contributed by atoms with E-state index < -0.39 is 5.97 Å². The Bertz CT molecular complexity index is 376. The van der Waals surface area contributed by atoms with Gasteiger partial charge in [0.2, 0.25) is 5.91 Å². The lowest BCUT2D eigenvalue weighted by Gasteiger charge is -2.26. The van der Waals surface area contributed by atoms with E-state index in [4.69, 9.17) is 0 Å². The van der Waals surface area contributed by atoms with Gasteiger partial charge in [-0.05, 0) is 37.0 Å². The van der Waals surface area contributed by atoms with Crippen LogP contribution in [0.1, 0.15) is 46.5 Å². The van der Waals surface area contributed by atoms with Crippen LogP contribution in [0.3, 0.4) is 0 Å². The highest BCUT2D eigenvalue weighted by atomic mass is 16.4. The molecular formula is C16H27NO3. The summed E-state index contributed by atoms with van der Waals surface area (Å²) in [6.45, 7) is 7.35. The number of hydrogen-bond donors (Lipinski definition) is 1. The summed E-state index contributed by atoms with van der Waals surface area (Å²) in [5.41, 5.74) is 0. The maximum absolute atomic E-state index is 12.7. The molecule has 0 aromatic carbocycles. The Labute approximate surface area is 121 Å². The number of carboxylic acids is 1. The molecule has 0 spiro atoms. The third-order valence-corrected chi connectivity index (χ3v) is 4.94. The third kappa shape index (κ3) is 3.15. The normalized spacial score (nSPS) is 27.9. The second-order valence-electron chi connectivity index (χ2n) is 6.83. The first-order valence-electron chi connectivity index (χ1n) is 7.97. The minimum Gasteiger partial charge on any atom is -0.481 e. The Balaban J connectivity index is 2.05. The van der Waals surface area contributed by atoms with E-state index in [1.807, 2.05) is 4.90 Å². The molecule has 0 aromatic rings. The molecule has 1 amide bonds. The van der Waals surface area contributed by atoms with Gasteiger partial charge in [0.1, 0.15) is 0 Å². The summed E-state index contributed by atoms with van der Waals surface area (Å²) in [5.74, 6) is 0.201. The molecule has 114 valence electrons. The van der Waals surface area contributed by atoms with Gasteiger partial charge in [0.05, 0.1) is 5.92 Å². The van der Waals surface area contributed by atoms with Gasteiger partial charge in [0.25, 0.3) is 0 Å². The van der Waals surface area contributed by atoms with Crippen molar-refractivity contribution in [1.29, 1.82) is 0 Å². The van der Waals surface area contributed by atoms with Crippen molar-refractivity contribution in [3.05, 3.63) is 0 Å². The van der Waals surface area contributed by atoms with Gasteiger partial charge in [-0.3, -0.25) is 9.59 Å². The van der Waals surface area contributed by atoms with Gasteiger partial charge in [0, 0.05) is 19.0 Å². The van der Waals surface area contributed by atoms with E-state index in [9.17, 15) is 14.7 Å². The minimum absolute atomic E-state index is 0.0485. The Hall–Kier alpha value is -1.06. The summed E-state index contributed by atoms with van der Waals surface area (Å²) < 4.78 is 0. The number of nitrogens with zero attached hydrogens (tertiary/aromatic N) is 1. The molecule has 1 saturated heterocycles. The fraction of sp³-hybridized carbons (Fsp3) is 0.875. The van der Waals surface area contributed by atoms with E-state index >= 15 is 0 Å². The van der Waals surface area contributed by atoms with E-state index in [0.29, 0.717) is 24.9 Å². The standard InChI is InChI=1S/C16H27NO3/c1-4-5-12(10(2)3)15(18)17-8-13(11-6-7-11)14(9-17)16(19)20/h10-14H,4-9H2,1-3H3,(H,19,20)/t12?,13-,14+/m1/s1. The van der Waals surface area contributed by atoms with Crippen LogP contribution in [0.5, 0.6) is 0 Å². The molecule has 2 aliphatic rings. The molecule has 4 nitrogen and oxygen atoms in total. The fourth-order valence-corrected chi connectivity index (χ4v) is 3.56. The predicted molar refractivity (Wildman–Crippen MR) is 77.2 cm³/mol. The largest absolute Gasteiger partial charge is 0.481 e. The maximum atomic E-state index is 12.7. The number of aliphatic carboxylic acids is 1. The molecule has 1 aliphatic carbocycles. The van der Waals surface area contributed by atoms with Gasteiger partial charge in [-0.25, -0.2) is 0 Å². The van der Waals surface area contributed by atoms with Crippen LogP contribution >= 0.6 is 0 Å². The van der Waals surface area contributed by atoms with E-state index in [2.05, 4.69) is 20.8 Å². The van der Waals surface area contributed by atoms with Crippen molar-refractivity contribution in [1.82, 2.24) is 4.90 Å². The molecule has 1 unspecified atom stereocenters. The topological polar surface area (TPSA) is 57.6 Å². The van der Waals surface area contributed by atoms with Gasteiger partial charge in [-0.15, -0.1) is 0 Å². The lowest BCUT2D eigenvalue weighted by Crippen LogP contribution is -2.37. The quantitative estimate of drug-likeness (QED) is 0.814. The van der Waals surface area contributed by atoms with Crippen molar-refractivity contribution in [2.75, 3.05) is 13.1 Å². The Morgan fingerprint density at radius 3 is 2.35 bits per heavy atom. The van der Waals surface area contributed by atoms with E-state index in [-0.39, 0.29) is 23.7 Å². The molecular weight excluding hydrogens is 254 g/mol. The zero-order valence-corrected chi connectivity index (χ0v) is 12.8. The van der Waals surface area contributed by atoms with Crippen molar-refractivity contribution >= 4 is 11.9 Å². The van der Waals surface area contributed by atoms with Crippen LogP contribution in [0.25, 0.3) is 0 Å². The smallest absolute Gasteiger partial charge is 0.308 e. The van der Waals surface area contributed by atoms with Crippen molar-refractivity contribution in [2.24, 2.45) is 29.6 Å². The van der Waals surface area contributed by atoms with E-state index in [1.54, 1.807) is 0 Å². The second-order valence-corrected chi connectivity index (χ2v) is 6.83. The predicted octanol–water partition coefficient (Wildman–Crippen LogP) is 2.63. The molecule has 20 heavy (non-hydrogen) atoms. The van der Waals surface area contributed by atoms with Crippen LogP contribution in [0.2, 0.25) is 0 Å². The molecule has 4 heteroatoms.